The van der Waals surface area contributed by atoms with E-state index in [2.05, 4.69) is 4.98 Å². The van der Waals surface area contributed by atoms with Gasteiger partial charge < -0.3 is 15.4 Å². The quantitative estimate of drug-likeness (QED) is 0.589. The van der Waals surface area contributed by atoms with E-state index in [0.29, 0.717) is 12.1 Å². The average molecular weight is 169 g/mol. The molecule has 0 aromatic carbocycles. The van der Waals surface area contributed by atoms with Gasteiger partial charge in [-0.15, -0.1) is 0 Å². The van der Waals surface area contributed by atoms with E-state index >= 15 is 0 Å². The van der Waals surface area contributed by atoms with Crippen LogP contribution in [0.15, 0.2) is 17.3 Å². The van der Waals surface area contributed by atoms with Crippen molar-refractivity contribution in [1.29, 1.82) is 0 Å². The van der Waals surface area contributed by atoms with Gasteiger partial charge >= 0.3 is 0 Å². The molecule has 3 N–H and O–H groups in total. The summed E-state index contributed by atoms with van der Waals surface area (Å²) in [5, 5.41) is 8.59. The third-order valence-corrected chi connectivity index (χ3v) is 1.50. The number of aromatic nitrogens is 2. The Hall–Kier alpha value is -1.20. The maximum Gasteiger partial charge on any atom is 0.277 e. The van der Waals surface area contributed by atoms with Crippen LogP contribution in [0.3, 0.4) is 0 Å². The zero-order valence-electron chi connectivity index (χ0n) is 6.60. The fourth-order valence-electron chi connectivity index (χ4n) is 0.876. The van der Waals surface area contributed by atoms with Crippen molar-refractivity contribution in [3.05, 3.63) is 28.4 Å². The van der Waals surface area contributed by atoms with Crippen LogP contribution in [0, 0.1) is 0 Å². The van der Waals surface area contributed by atoms with Gasteiger partial charge in [0.25, 0.3) is 5.56 Å². The molecule has 0 atom stereocenters. The van der Waals surface area contributed by atoms with Crippen LogP contribution in [0.2, 0.25) is 0 Å². The fraction of sp³-hybridized carbons (Fsp3) is 0.429. The van der Waals surface area contributed by atoms with Crippen LogP contribution in [0.5, 0.6) is 0 Å². The van der Waals surface area contributed by atoms with Crippen molar-refractivity contribution < 1.29 is 5.11 Å². The molecule has 0 fully saturated rings. The second-order valence-corrected chi connectivity index (χ2v) is 2.37. The van der Waals surface area contributed by atoms with Crippen LogP contribution in [-0.4, -0.2) is 21.3 Å². The third kappa shape index (κ3) is 1.90. The molecule has 0 saturated heterocycles. The number of aliphatic hydroxyl groups excluding tert-OH is 1. The highest BCUT2D eigenvalue weighted by Crippen LogP contribution is 1.88. The molecule has 0 unspecified atom stereocenters. The molecule has 0 aliphatic rings. The molecule has 0 bridgehead atoms. The number of hydrogen-bond donors (Lipinski definition) is 2. The summed E-state index contributed by atoms with van der Waals surface area (Å²) < 4.78 is 1.63. The van der Waals surface area contributed by atoms with Crippen molar-refractivity contribution >= 4 is 0 Å². The van der Waals surface area contributed by atoms with Gasteiger partial charge in [-0.25, -0.2) is 0 Å². The summed E-state index contributed by atoms with van der Waals surface area (Å²) in [6.45, 7) is 0.632. The first kappa shape index (κ1) is 8.89. The molecule has 1 aromatic heterocycles. The molecule has 0 radical (unpaired) electrons. The Morgan fingerprint density at radius 3 is 3.00 bits per heavy atom. The molecule has 0 amide bonds. The van der Waals surface area contributed by atoms with Crippen LogP contribution in [0.4, 0.5) is 0 Å². The van der Waals surface area contributed by atoms with Crippen LogP contribution in [0.25, 0.3) is 0 Å². The lowest BCUT2D eigenvalue weighted by Crippen LogP contribution is -2.19. The van der Waals surface area contributed by atoms with Gasteiger partial charge in [0.15, 0.2) is 0 Å². The van der Waals surface area contributed by atoms with E-state index in [4.69, 9.17) is 10.8 Å². The first-order valence-corrected chi connectivity index (χ1v) is 3.64. The zero-order chi connectivity index (χ0) is 8.97. The lowest BCUT2D eigenvalue weighted by Gasteiger charge is -2.03. The summed E-state index contributed by atoms with van der Waals surface area (Å²) in [7, 11) is 0. The van der Waals surface area contributed by atoms with E-state index in [1.165, 1.54) is 6.33 Å². The van der Waals surface area contributed by atoms with Gasteiger partial charge in [0.1, 0.15) is 0 Å². The highest BCUT2D eigenvalue weighted by molar-refractivity contribution is 5.03. The van der Waals surface area contributed by atoms with Crippen LogP contribution in [-0.2, 0) is 13.1 Å². The molecule has 12 heavy (non-hydrogen) atoms. The maximum absolute atomic E-state index is 10.9. The van der Waals surface area contributed by atoms with Gasteiger partial charge in [-0.05, 0) is 0 Å². The van der Waals surface area contributed by atoms with Crippen molar-refractivity contribution in [1.82, 2.24) is 9.55 Å². The van der Waals surface area contributed by atoms with Crippen molar-refractivity contribution in [2.75, 3.05) is 6.61 Å². The molecule has 0 spiro atoms. The van der Waals surface area contributed by atoms with E-state index in [1.807, 2.05) is 0 Å². The predicted octanol–water partition coefficient (Wildman–Crippen LogP) is -1.31. The summed E-state index contributed by atoms with van der Waals surface area (Å²) in [5.41, 5.74) is 5.46. The van der Waals surface area contributed by atoms with Gasteiger partial charge in [-0.1, -0.05) is 0 Å². The molecule has 0 aliphatic heterocycles. The molecule has 5 nitrogen and oxygen atoms in total. The highest BCUT2D eigenvalue weighted by Gasteiger charge is 1.97. The Labute approximate surface area is 69.5 Å². The van der Waals surface area contributed by atoms with Crippen LogP contribution in [0.1, 0.15) is 5.56 Å². The van der Waals surface area contributed by atoms with E-state index < -0.39 is 0 Å². The Morgan fingerprint density at radius 2 is 2.42 bits per heavy atom. The molecule has 1 aromatic rings. The first-order valence-electron chi connectivity index (χ1n) is 3.64. The zero-order valence-corrected chi connectivity index (χ0v) is 6.60. The molecule has 66 valence electrons. The van der Waals surface area contributed by atoms with Crippen molar-refractivity contribution in [2.24, 2.45) is 5.73 Å². The highest BCUT2D eigenvalue weighted by atomic mass is 16.3. The summed E-state index contributed by atoms with van der Waals surface area (Å²) in [5.74, 6) is 0. The van der Waals surface area contributed by atoms with E-state index in [0.717, 1.165) is 0 Å². The third-order valence-electron chi connectivity index (χ3n) is 1.50. The maximum atomic E-state index is 10.9. The minimum Gasteiger partial charge on any atom is -0.395 e. The average Bonchev–Trinajstić information content (AvgIpc) is 2.09. The topological polar surface area (TPSA) is 81.1 Å². The molecule has 5 heteroatoms. The first-order chi connectivity index (χ1) is 5.77. The molecule has 1 heterocycles. The lowest BCUT2D eigenvalue weighted by molar-refractivity contribution is 0.275. The summed E-state index contributed by atoms with van der Waals surface area (Å²) in [4.78, 5) is 14.5. The minimum absolute atomic E-state index is 0.0224. The molecule has 0 aliphatic carbocycles. The Bertz CT molecular complexity index is 308. The second-order valence-electron chi connectivity index (χ2n) is 2.37. The number of hydrogen-bond acceptors (Lipinski definition) is 4. The van der Waals surface area contributed by atoms with E-state index in [1.54, 1.807) is 10.8 Å². The van der Waals surface area contributed by atoms with Crippen LogP contribution >= 0.6 is 0 Å². The van der Waals surface area contributed by atoms with Crippen molar-refractivity contribution in [2.45, 2.75) is 13.1 Å². The number of aliphatic hydroxyl groups is 1. The fourth-order valence-corrected chi connectivity index (χ4v) is 0.876. The molecule has 0 saturated carbocycles. The van der Waals surface area contributed by atoms with E-state index in [-0.39, 0.29) is 18.7 Å². The molecule has 1 rings (SSSR count). The van der Waals surface area contributed by atoms with Gasteiger partial charge in [-0.3, -0.25) is 4.79 Å². The normalized spacial score (nSPS) is 10.2. The molecular weight excluding hydrogens is 158 g/mol. The second kappa shape index (κ2) is 3.99. The van der Waals surface area contributed by atoms with Gasteiger partial charge in [0, 0.05) is 24.8 Å². The van der Waals surface area contributed by atoms with Crippen LogP contribution < -0.4 is 11.3 Å². The minimum atomic E-state index is -0.299. The monoisotopic (exact) mass is 169 g/mol. The standard InChI is InChI=1S/C7H11N3O2/c8-3-6-4-10(1-2-11)5-9-7(6)12/h4-5,11H,1-3,8H2. The smallest absolute Gasteiger partial charge is 0.277 e. The number of nitrogens with zero attached hydrogens (tertiary/aromatic N) is 2. The van der Waals surface area contributed by atoms with E-state index in [9.17, 15) is 4.79 Å². The number of rotatable bonds is 3. The van der Waals surface area contributed by atoms with Crippen molar-refractivity contribution in [3.63, 3.8) is 0 Å². The van der Waals surface area contributed by atoms with Gasteiger partial charge in [-0.2, -0.15) is 4.98 Å². The Morgan fingerprint density at radius 1 is 1.67 bits per heavy atom. The Balaban J connectivity index is 2.97. The summed E-state index contributed by atoms with van der Waals surface area (Å²) in [6.07, 6.45) is 2.99. The lowest BCUT2D eigenvalue weighted by atomic mass is 10.3. The Kier molecular flexibility index (Phi) is 2.95. The predicted molar refractivity (Wildman–Crippen MR) is 43.5 cm³/mol. The van der Waals surface area contributed by atoms with Crippen molar-refractivity contribution in [3.8, 4) is 0 Å². The molecular formula is C7H11N3O2. The SMILES string of the molecule is NCc1cn(CCO)cnc1=O. The summed E-state index contributed by atoms with van der Waals surface area (Å²) in [6, 6.07) is 0. The van der Waals surface area contributed by atoms with Gasteiger partial charge in [0.2, 0.25) is 0 Å². The largest absolute Gasteiger partial charge is 0.395 e. The summed E-state index contributed by atoms with van der Waals surface area (Å²) >= 11 is 0. The number of nitrogens with two attached hydrogens (primary N) is 1. The van der Waals surface area contributed by atoms with Gasteiger partial charge in [0.05, 0.1) is 12.9 Å².